The molecule has 1 aromatic heterocycles. The van der Waals surface area contributed by atoms with Crippen molar-refractivity contribution in [1.82, 2.24) is 4.98 Å². The Balaban J connectivity index is 2.04. The first-order chi connectivity index (χ1) is 15.0. The molecule has 0 unspecified atom stereocenters. The SMILES string of the molecule is COc1ccc(-c2c[se]c(C(=NO)c3cc(OC)c(OC)c(OC)c3)n2)cc1[N+](=O)[O-]. The molecule has 0 amide bonds. The van der Waals surface area contributed by atoms with Crippen molar-refractivity contribution >= 4 is 25.9 Å². The Bertz CT molecular complexity index is 1120. The molecular formula is C20H19N3O7Se. The summed E-state index contributed by atoms with van der Waals surface area (Å²) in [6, 6.07) is 7.93. The van der Waals surface area contributed by atoms with E-state index < -0.39 is 4.92 Å². The van der Waals surface area contributed by atoms with Crippen LogP contribution in [0.1, 0.15) is 10.1 Å². The van der Waals surface area contributed by atoms with Gasteiger partial charge in [0.25, 0.3) is 0 Å². The second kappa shape index (κ2) is 9.50. The first kappa shape index (κ1) is 22.1. The summed E-state index contributed by atoms with van der Waals surface area (Å²) >= 11 is -0.272. The number of nitro benzene ring substituents is 1. The number of nitro groups is 1. The van der Waals surface area contributed by atoms with Crippen molar-refractivity contribution in [1.29, 1.82) is 0 Å². The Morgan fingerprint density at radius 1 is 1.03 bits per heavy atom. The fourth-order valence-corrected chi connectivity index (χ4v) is 4.70. The Morgan fingerprint density at radius 2 is 1.68 bits per heavy atom. The van der Waals surface area contributed by atoms with Crippen LogP contribution in [0, 0.1) is 10.1 Å². The Morgan fingerprint density at radius 3 is 2.19 bits per heavy atom. The van der Waals surface area contributed by atoms with Crippen LogP contribution in [-0.4, -0.2) is 63.8 Å². The van der Waals surface area contributed by atoms with E-state index in [9.17, 15) is 15.3 Å². The van der Waals surface area contributed by atoms with E-state index in [-0.39, 0.29) is 31.7 Å². The van der Waals surface area contributed by atoms with E-state index in [1.54, 1.807) is 18.2 Å². The molecule has 1 N–H and O–H groups in total. The molecule has 0 fully saturated rings. The maximum atomic E-state index is 11.3. The molecule has 2 aromatic carbocycles. The third kappa shape index (κ3) is 4.32. The van der Waals surface area contributed by atoms with Crippen LogP contribution in [-0.2, 0) is 0 Å². The molecule has 11 heteroatoms. The molecule has 0 atom stereocenters. The molecule has 0 saturated heterocycles. The topological polar surface area (TPSA) is 126 Å². The number of hydrogen-bond acceptors (Lipinski definition) is 9. The molecule has 162 valence electrons. The first-order valence-corrected chi connectivity index (χ1v) is 10.6. The van der Waals surface area contributed by atoms with Crippen LogP contribution in [0.3, 0.4) is 0 Å². The van der Waals surface area contributed by atoms with Gasteiger partial charge in [-0.2, -0.15) is 0 Å². The zero-order chi connectivity index (χ0) is 22.5. The number of benzene rings is 2. The van der Waals surface area contributed by atoms with Crippen molar-refractivity contribution in [2.75, 3.05) is 28.4 Å². The van der Waals surface area contributed by atoms with Gasteiger partial charge in [0.05, 0.1) is 0 Å². The second-order valence-corrected chi connectivity index (χ2v) is 7.84. The van der Waals surface area contributed by atoms with Crippen LogP contribution in [0.5, 0.6) is 23.0 Å². The Kier molecular flexibility index (Phi) is 6.78. The molecular weight excluding hydrogens is 473 g/mol. The van der Waals surface area contributed by atoms with Crippen LogP contribution in [0.25, 0.3) is 11.3 Å². The zero-order valence-corrected chi connectivity index (χ0v) is 18.8. The normalized spacial score (nSPS) is 11.2. The number of nitrogens with zero attached hydrogens (tertiary/aromatic N) is 3. The van der Waals surface area contributed by atoms with Gasteiger partial charge >= 0.3 is 183 Å². The van der Waals surface area contributed by atoms with E-state index in [4.69, 9.17) is 18.9 Å². The number of ether oxygens (including phenoxy) is 4. The molecule has 3 rings (SSSR count). The summed E-state index contributed by atoms with van der Waals surface area (Å²) in [5, 5.41) is 24.5. The van der Waals surface area contributed by atoms with Gasteiger partial charge in [-0.1, -0.05) is 0 Å². The van der Waals surface area contributed by atoms with Gasteiger partial charge in [-0.3, -0.25) is 0 Å². The van der Waals surface area contributed by atoms with Crippen LogP contribution in [0.2, 0.25) is 0 Å². The summed E-state index contributed by atoms with van der Waals surface area (Å²) in [5.74, 6) is 1.39. The number of aromatic nitrogens is 1. The van der Waals surface area contributed by atoms with Crippen molar-refractivity contribution in [3.8, 4) is 34.3 Å². The van der Waals surface area contributed by atoms with Crippen molar-refractivity contribution in [2.24, 2.45) is 5.16 Å². The van der Waals surface area contributed by atoms with Crippen molar-refractivity contribution in [3.05, 3.63) is 55.5 Å². The van der Waals surface area contributed by atoms with Gasteiger partial charge in [-0.25, -0.2) is 0 Å². The van der Waals surface area contributed by atoms with Gasteiger partial charge in [0.2, 0.25) is 0 Å². The molecule has 0 aliphatic heterocycles. The Labute approximate surface area is 183 Å². The monoisotopic (exact) mass is 493 g/mol. The summed E-state index contributed by atoms with van der Waals surface area (Å²) in [7, 11) is 5.85. The predicted octanol–water partition coefficient (Wildman–Crippen LogP) is 2.97. The second-order valence-electron chi connectivity index (χ2n) is 6.04. The summed E-state index contributed by atoms with van der Waals surface area (Å²) in [6.07, 6.45) is 0. The van der Waals surface area contributed by atoms with Gasteiger partial charge in [0.15, 0.2) is 0 Å². The van der Waals surface area contributed by atoms with E-state index in [1.165, 1.54) is 40.6 Å². The van der Waals surface area contributed by atoms with E-state index in [0.717, 1.165) is 0 Å². The summed E-state index contributed by atoms with van der Waals surface area (Å²) in [4.78, 5) is 17.2. The molecule has 10 nitrogen and oxygen atoms in total. The quantitative estimate of drug-likeness (QED) is 0.167. The van der Waals surface area contributed by atoms with Gasteiger partial charge in [-0.05, 0) is 0 Å². The number of oxime groups is 1. The standard InChI is InChI=1S/C20H19N3O7Se/c1-27-15-6-5-11(7-14(15)23(25)26)13-10-31-20(21-13)18(22-24)12-8-16(28-2)19(30-4)17(9-12)29-3/h5-10,24H,1-4H3. The molecule has 31 heavy (non-hydrogen) atoms. The van der Waals surface area contributed by atoms with Crippen LogP contribution < -0.4 is 18.9 Å². The third-order valence-electron chi connectivity index (χ3n) is 4.42. The van der Waals surface area contributed by atoms with Crippen molar-refractivity contribution in [2.45, 2.75) is 0 Å². The van der Waals surface area contributed by atoms with E-state index in [0.29, 0.717) is 38.6 Å². The van der Waals surface area contributed by atoms with Gasteiger partial charge in [0, 0.05) is 0 Å². The summed E-state index contributed by atoms with van der Waals surface area (Å²) < 4.78 is 21.6. The minimum absolute atomic E-state index is 0.155. The third-order valence-corrected chi connectivity index (χ3v) is 6.20. The summed E-state index contributed by atoms with van der Waals surface area (Å²) in [6.45, 7) is 0. The van der Waals surface area contributed by atoms with Gasteiger partial charge < -0.3 is 0 Å². The fraction of sp³-hybridized carbons (Fsp3) is 0.200. The average molecular weight is 492 g/mol. The van der Waals surface area contributed by atoms with Gasteiger partial charge in [-0.15, -0.1) is 0 Å². The van der Waals surface area contributed by atoms with Crippen LogP contribution >= 0.6 is 0 Å². The molecule has 0 aliphatic carbocycles. The number of methoxy groups -OCH3 is 4. The van der Waals surface area contributed by atoms with E-state index in [1.807, 2.05) is 4.94 Å². The fourth-order valence-electron chi connectivity index (χ4n) is 2.95. The predicted molar refractivity (Wildman–Crippen MR) is 113 cm³/mol. The first-order valence-electron chi connectivity index (χ1n) is 8.78. The van der Waals surface area contributed by atoms with Crippen molar-refractivity contribution < 1.29 is 29.1 Å². The molecule has 0 saturated carbocycles. The molecule has 0 aliphatic rings. The van der Waals surface area contributed by atoms with E-state index >= 15 is 0 Å². The average Bonchev–Trinajstić information content (AvgIpc) is 3.28. The number of hydrogen-bond donors (Lipinski definition) is 1. The van der Waals surface area contributed by atoms with E-state index in [2.05, 4.69) is 10.1 Å². The van der Waals surface area contributed by atoms with Crippen molar-refractivity contribution in [3.63, 3.8) is 0 Å². The molecule has 0 radical (unpaired) electrons. The van der Waals surface area contributed by atoms with Crippen LogP contribution in [0.4, 0.5) is 5.69 Å². The summed E-state index contributed by atoms with van der Waals surface area (Å²) in [5.41, 5.74) is 1.72. The molecule has 1 heterocycles. The zero-order valence-electron chi connectivity index (χ0n) is 17.1. The molecule has 3 aromatic rings. The molecule has 0 bridgehead atoms. The van der Waals surface area contributed by atoms with Crippen LogP contribution in [0.15, 0.2) is 40.4 Å². The van der Waals surface area contributed by atoms with Gasteiger partial charge in [0.1, 0.15) is 0 Å². The minimum atomic E-state index is -0.510. The maximum absolute atomic E-state index is 11.3. The Hall–Kier alpha value is -3.56. The molecule has 0 spiro atoms. The number of rotatable bonds is 8.